The summed E-state index contributed by atoms with van der Waals surface area (Å²) in [5.74, 6) is 2.38. The highest BCUT2D eigenvalue weighted by Crippen LogP contribution is 2.41. The fraction of sp³-hybridized carbons (Fsp3) is 0. The van der Waals surface area contributed by atoms with Crippen molar-refractivity contribution in [3.05, 3.63) is 182 Å². The molecule has 6 heteroatoms. The van der Waals surface area contributed by atoms with Gasteiger partial charge in [-0.3, -0.25) is 0 Å². The number of aromatic nitrogens is 4. The molecule has 0 saturated carbocycles. The molecule has 9 aromatic carbocycles. The van der Waals surface area contributed by atoms with Gasteiger partial charge in [0, 0.05) is 43.8 Å². The summed E-state index contributed by atoms with van der Waals surface area (Å²) in [6.07, 6.45) is 0. The molecular formula is C52H30N4O2. The lowest BCUT2D eigenvalue weighted by atomic mass is 9.95. The molecule has 3 aromatic heterocycles. The third-order valence-corrected chi connectivity index (χ3v) is 11.1. The first kappa shape index (κ1) is 32.3. The van der Waals surface area contributed by atoms with Crippen molar-refractivity contribution in [3.8, 4) is 56.7 Å². The molecular weight excluding hydrogens is 713 g/mol. The van der Waals surface area contributed by atoms with Gasteiger partial charge in [-0.1, -0.05) is 140 Å². The number of oxazole rings is 1. The van der Waals surface area contributed by atoms with Gasteiger partial charge in [0.05, 0.1) is 0 Å². The fourth-order valence-electron chi connectivity index (χ4n) is 8.36. The third-order valence-electron chi connectivity index (χ3n) is 11.1. The maximum atomic E-state index is 6.56. The Kier molecular flexibility index (Phi) is 7.13. The van der Waals surface area contributed by atoms with Gasteiger partial charge >= 0.3 is 0 Å². The number of benzene rings is 9. The first-order chi connectivity index (χ1) is 28.7. The molecule has 0 fully saturated rings. The number of furan rings is 1. The molecule has 3 heterocycles. The van der Waals surface area contributed by atoms with E-state index in [-0.39, 0.29) is 0 Å². The fourth-order valence-corrected chi connectivity index (χ4v) is 8.36. The summed E-state index contributed by atoms with van der Waals surface area (Å²) in [7, 11) is 0. The van der Waals surface area contributed by atoms with Crippen LogP contribution >= 0.6 is 0 Å². The van der Waals surface area contributed by atoms with E-state index in [0.29, 0.717) is 23.4 Å². The first-order valence-electron chi connectivity index (χ1n) is 19.3. The Balaban J connectivity index is 1.04. The Labute approximate surface area is 331 Å². The average Bonchev–Trinajstić information content (AvgIpc) is 3.91. The zero-order valence-corrected chi connectivity index (χ0v) is 30.9. The Hall–Kier alpha value is -7.96. The van der Waals surface area contributed by atoms with Crippen molar-refractivity contribution in [2.75, 3.05) is 0 Å². The van der Waals surface area contributed by atoms with Crippen LogP contribution in [0.2, 0.25) is 0 Å². The minimum absolute atomic E-state index is 0.579. The summed E-state index contributed by atoms with van der Waals surface area (Å²) >= 11 is 0. The van der Waals surface area contributed by atoms with Crippen LogP contribution < -0.4 is 0 Å². The van der Waals surface area contributed by atoms with Crippen LogP contribution in [0, 0.1) is 0 Å². The summed E-state index contributed by atoms with van der Waals surface area (Å²) < 4.78 is 13.0. The zero-order chi connectivity index (χ0) is 38.2. The molecule has 6 nitrogen and oxygen atoms in total. The van der Waals surface area contributed by atoms with Gasteiger partial charge in [-0.2, -0.15) is 0 Å². The number of hydrogen-bond acceptors (Lipinski definition) is 6. The molecule has 0 radical (unpaired) electrons. The highest BCUT2D eigenvalue weighted by molar-refractivity contribution is 6.26. The first-order valence-corrected chi connectivity index (χ1v) is 19.3. The van der Waals surface area contributed by atoms with Crippen molar-refractivity contribution in [1.82, 2.24) is 19.9 Å². The van der Waals surface area contributed by atoms with Crippen LogP contribution in [-0.4, -0.2) is 19.9 Å². The van der Waals surface area contributed by atoms with Crippen molar-refractivity contribution >= 4 is 65.4 Å². The topological polar surface area (TPSA) is 77.8 Å². The molecule has 0 spiro atoms. The van der Waals surface area contributed by atoms with Gasteiger partial charge in [0.1, 0.15) is 16.7 Å². The van der Waals surface area contributed by atoms with Crippen molar-refractivity contribution in [1.29, 1.82) is 0 Å². The van der Waals surface area contributed by atoms with E-state index in [1.807, 2.05) is 84.9 Å². The summed E-state index contributed by atoms with van der Waals surface area (Å²) in [6.45, 7) is 0. The van der Waals surface area contributed by atoms with E-state index in [4.69, 9.17) is 28.8 Å². The van der Waals surface area contributed by atoms with E-state index < -0.39 is 0 Å². The summed E-state index contributed by atoms with van der Waals surface area (Å²) in [5, 5.41) is 8.56. The lowest BCUT2D eigenvalue weighted by Gasteiger charge is -2.11. The van der Waals surface area contributed by atoms with Crippen LogP contribution in [0.25, 0.3) is 122 Å². The van der Waals surface area contributed by atoms with Gasteiger partial charge < -0.3 is 8.83 Å². The van der Waals surface area contributed by atoms with Gasteiger partial charge in [-0.15, -0.1) is 0 Å². The summed E-state index contributed by atoms with van der Waals surface area (Å²) in [5.41, 5.74) is 9.07. The van der Waals surface area contributed by atoms with E-state index in [9.17, 15) is 0 Å². The average molecular weight is 743 g/mol. The maximum absolute atomic E-state index is 6.56. The van der Waals surface area contributed by atoms with Crippen molar-refractivity contribution in [2.24, 2.45) is 0 Å². The van der Waals surface area contributed by atoms with Crippen LogP contribution in [0.1, 0.15) is 0 Å². The Morgan fingerprint density at radius 2 is 0.948 bits per heavy atom. The predicted molar refractivity (Wildman–Crippen MR) is 234 cm³/mol. The molecule has 58 heavy (non-hydrogen) atoms. The van der Waals surface area contributed by atoms with Crippen LogP contribution in [0.5, 0.6) is 0 Å². The van der Waals surface area contributed by atoms with E-state index in [2.05, 4.69) is 97.1 Å². The molecule has 0 saturated heterocycles. The molecule has 12 rings (SSSR count). The second-order valence-electron chi connectivity index (χ2n) is 14.6. The van der Waals surface area contributed by atoms with E-state index in [1.54, 1.807) is 0 Å². The lowest BCUT2D eigenvalue weighted by molar-refractivity contribution is 0.623. The normalized spacial score (nSPS) is 11.8. The number of hydrogen-bond donors (Lipinski definition) is 0. The molecule has 0 aliphatic rings. The smallest absolute Gasteiger partial charge is 0.227 e. The quantitative estimate of drug-likeness (QED) is 0.163. The van der Waals surface area contributed by atoms with Gasteiger partial charge in [0.2, 0.25) is 5.89 Å². The van der Waals surface area contributed by atoms with Crippen LogP contribution in [0.4, 0.5) is 0 Å². The number of rotatable bonds is 5. The van der Waals surface area contributed by atoms with Gasteiger partial charge in [-0.25, -0.2) is 19.9 Å². The van der Waals surface area contributed by atoms with Gasteiger partial charge in [0.15, 0.2) is 23.1 Å². The molecule has 0 unspecified atom stereocenters. The van der Waals surface area contributed by atoms with Gasteiger partial charge in [-0.05, 0) is 75.1 Å². The van der Waals surface area contributed by atoms with Crippen molar-refractivity contribution < 1.29 is 8.83 Å². The Bertz CT molecular complexity index is 3560. The molecule has 0 atom stereocenters. The molecule has 270 valence electrons. The summed E-state index contributed by atoms with van der Waals surface area (Å²) in [6, 6.07) is 62.3. The molecule has 0 aliphatic heterocycles. The summed E-state index contributed by atoms with van der Waals surface area (Å²) in [4.78, 5) is 20.3. The molecule has 0 amide bonds. The zero-order valence-electron chi connectivity index (χ0n) is 30.9. The second-order valence-corrected chi connectivity index (χ2v) is 14.6. The highest BCUT2D eigenvalue weighted by Gasteiger charge is 2.20. The largest absolute Gasteiger partial charge is 0.456 e. The van der Waals surface area contributed by atoms with Gasteiger partial charge in [0.25, 0.3) is 0 Å². The molecule has 0 bridgehead atoms. The Morgan fingerprint density at radius 3 is 1.72 bits per heavy atom. The molecule has 0 aliphatic carbocycles. The number of nitrogens with zero attached hydrogens (tertiary/aromatic N) is 4. The van der Waals surface area contributed by atoms with Crippen molar-refractivity contribution in [2.45, 2.75) is 0 Å². The maximum Gasteiger partial charge on any atom is 0.227 e. The van der Waals surface area contributed by atoms with E-state index in [1.165, 1.54) is 0 Å². The minimum Gasteiger partial charge on any atom is -0.456 e. The predicted octanol–water partition coefficient (Wildman–Crippen LogP) is 13.7. The molecule has 12 aromatic rings. The Morgan fingerprint density at radius 1 is 0.328 bits per heavy atom. The highest BCUT2D eigenvalue weighted by atomic mass is 16.3. The molecule has 0 N–H and O–H groups in total. The number of fused-ring (bicyclic) bond motifs is 10. The minimum atomic E-state index is 0.579. The third kappa shape index (κ3) is 5.20. The second kappa shape index (κ2) is 12.8. The van der Waals surface area contributed by atoms with Crippen molar-refractivity contribution in [3.63, 3.8) is 0 Å². The van der Waals surface area contributed by atoms with E-state index >= 15 is 0 Å². The lowest BCUT2D eigenvalue weighted by Crippen LogP contribution is -2.00. The standard InChI is InChI=1S/C52H30N4O2/c1-4-11-31(12-5-1)36-23-27-40-44(30-36)57-43-18-10-17-41(47(40)43)51-55-49(34-13-6-2-7-14-34)54-50(56-51)38-24-26-39-37(29-38)22-21-32-19-20-33-25-28-42-48(46(33)45(32)39)58-52(53-42)35-15-8-3-9-16-35/h1-30H. The van der Waals surface area contributed by atoms with Crippen LogP contribution in [0.15, 0.2) is 191 Å². The van der Waals surface area contributed by atoms with E-state index in [0.717, 1.165) is 98.7 Å². The SMILES string of the molecule is c1ccc(-c2ccc3c(c2)oc2cccc(-c4nc(-c5ccccc5)nc(-c5ccc6c(ccc7ccc8ccc9nc(-c%10ccccc%10)oc9c8c76)c5)n4)c23)cc1. The van der Waals surface area contributed by atoms with Crippen LogP contribution in [0.3, 0.4) is 0 Å². The monoisotopic (exact) mass is 742 g/mol. The van der Waals surface area contributed by atoms with Crippen LogP contribution in [-0.2, 0) is 0 Å².